The Labute approximate surface area is 222 Å². The highest BCUT2D eigenvalue weighted by Crippen LogP contribution is 2.38. The third-order valence-electron chi connectivity index (χ3n) is 6.13. The molecule has 0 unspecified atom stereocenters. The number of thiazole rings is 1. The number of aryl methyl sites for hydroxylation is 1. The zero-order valence-corrected chi connectivity index (χ0v) is 23.9. The van der Waals surface area contributed by atoms with E-state index in [1.807, 2.05) is 25.1 Å². The van der Waals surface area contributed by atoms with Gasteiger partial charge in [0.2, 0.25) is 10.0 Å². The van der Waals surface area contributed by atoms with Crippen LogP contribution in [0.2, 0.25) is 0 Å². The number of nitrogens with zero attached hydrogens (tertiary/aromatic N) is 1. The summed E-state index contributed by atoms with van der Waals surface area (Å²) in [5.74, 6) is -0.156. The largest absolute Gasteiger partial charge is 0.347 e. The number of carbonyl (C=O) groups excluding carboxylic acids is 1. The molecule has 0 radical (unpaired) electrons. The van der Waals surface area contributed by atoms with Gasteiger partial charge in [0, 0.05) is 22.5 Å². The number of aromatic nitrogens is 1. The lowest BCUT2D eigenvalue weighted by molar-refractivity contribution is 0.0933. The third-order valence-corrected chi connectivity index (χ3v) is 10.8. The molecule has 0 bridgehead atoms. The van der Waals surface area contributed by atoms with Gasteiger partial charge in [-0.2, -0.15) is 0 Å². The van der Waals surface area contributed by atoms with E-state index in [-0.39, 0.29) is 28.4 Å². The fourth-order valence-corrected chi connectivity index (χ4v) is 8.69. The first-order valence-corrected chi connectivity index (χ1v) is 16.5. The fourth-order valence-electron chi connectivity index (χ4n) is 4.51. The fraction of sp³-hybridized carbons (Fsp3) is 0.462. The van der Waals surface area contributed by atoms with Gasteiger partial charge in [0.25, 0.3) is 5.91 Å². The summed E-state index contributed by atoms with van der Waals surface area (Å²) in [6, 6.07) is 10.6. The Morgan fingerprint density at radius 3 is 2.35 bits per heavy atom. The number of hydrogen-bond acceptors (Lipinski definition) is 7. The van der Waals surface area contributed by atoms with Crippen molar-refractivity contribution in [1.82, 2.24) is 15.0 Å². The Hall–Kier alpha value is -2.34. The summed E-state index contributed by atoms with van der Waals surface area (Å²) in [7, 11) is -6.78. The van der Waals surface area contributed by atoms with Crippen LogP contribution in [-0.4, -0.2) is 50.8 Å². The predicted octanol–water partition coefficient (Wildman–Crippen LogP) is 4.30. The Balaban J connectivity index is 1.73. The van der Waals surface area contributed by atoms with Crippen molar-refractivity contribution in [3.05, 3.63) is 47.1 Å². The molecule has 1 aliphatic rings. The van der Waals surface area contributed by atoms with Crippen molar-refractivity contribution in [2.45, 2.75) is 69.9 Å². The van der Waals surface area contributed by atoms with E-state index in [4.69, 9.17) is 0 Å². The molecule has 0 atom stereocenters. The Morgan fingerprint density at radius 1 is 1.08 bits per heavy atom. The molecule has 11 heteroatoms. The van der Waals surface area contributed by atoms with Gasteiger partial charge in [0.05, 0.1) is 27.0 Å². The SMILES string of the molecule is CCCc1nc(C(=O)NC2CCS(=O)(=O)CC2)sc1-c1ccc(S(=O)(=O)NC(C)(C)C)c2ccccc12. The predicted molar refractivity (Wildman–Crippen MR) is 148 cm³/mol. The topological polar surface area (TPSA) is 122 Å². The molecule has 200 valence electrons. The molecule has 1 amide bonds. The van der Waals surface area contributed by atoms with Crippen molar-refractivity contribution in [3.8, 4) is 10.4 Å². The average Bonchev–Trinajstić information content (AvgIpc) is 3.22. The second-order valence-corrected chi connectivity index (χ2v) is 15.4. The highest BCUT2D eigenvalue weighted by Gasteiger charge is 2.28. The molecule has 0 saturated carbocycles. The summed E-state index contributed by atoms with van der Waals surface area (Å²) >= 11 is 1.28. The van der Waals surface area contributed by atoms with E-state index in [0.717, 1.165) is 27.9 Å². The molecule has 1 saturated heterocycles. The van der Waals surface area contributed by atoms with Crippen LogP contribution in [0, 0.1) is 0 Å². The van der Waals surface area contributed by atoms with Gasteiger partial charge >= 0.3 is 0 Å². The van der Waals surface area contributed by atoms with Gasteiger partial charge < -0.3 is 5.32 Å². The van der Waals surface area contributed by atoms with Crippen LogP contribution in [0.15, 0.2) is 41.3 Å². The smallest absolute Gasteiger partial charge is 0.280 e. The van der Waals surface area contributed by atoms with E-state index < -0.39 is 25.4 Å². The van der Waals surface area contributed by atoms with Gasteiger partial charge in [0.15, 0.2) is 5.01 Å². The summed E-state index contributed by atoms with van der Waals surface area (Å²) in [5.41, 5.74) is 0.988. The van der Waals surface area contributed by atoms with E-state index in [0.29, 0.717) is 29.7 Å². The number of sulfone groups is 1. The van der Waals surface area contributed by atoms with Gasteiger partial charge in [-0.25, -0.2) is 26.5 Å². The first-order chi connectivity index (χ1) is 17.3. The van der Waals surface area contributed by atoms with Crippen LogP contribution in [0.4, 0.5) is 0 Å². The molecular weight excluding hydrogens is 531 g/mol. The maximum atomic E-state index is 13.2. The molecule has 0 spiro atoms. The first kappa shape index (κ1) is 27.7. The van der Waals surface area contributed by atoms with Crippen LogP contribution in [-0.2, 0) is 26.3 Å². The minimum atomic E-state index is -3.77. The normalized spacial score (nSPS) is 16.6. The molecule has 2 aromatic carbocycles. The molecular formula is C26H33N3O5S3. The highest BCUT2D eigenvalue weighted by molar-refractivity contribution is 7.91. The lowest BCUT2D eigenvalue weighted by Gasteiger charge is -2.22. The second kappa shape index (κ2) is 10.4. The van der Waals surface area contributed by atoms with Crippen LogP contribution in [0.3, 0.4) is 0 Å². The summed E-state index contributed by atoms with van der Waals surface area (Å²) in [5, 5.41) is 4.64. The first-order valence-electron chi connectivity index (χ1n) is 12.4. The summed E-state index contributed by atoms with van der Waals surface area (Å²) < 4.78 is 52.6. The molecule has 2 heterocycles. The maximum absolute atomic E-state index is 13.2. The molecule has 0 aliphatic carbocycles. The lowest BCUT2D eigenvalue weighted by Crippen LogP contribution is -2.40. The van der Waals surface area contributed by atoms with E-state index in [9.17, 15) is 21.6 Å². The monoisotopic (exact) mass is 563 g/mol. The van der Waals surface area contributed by atoms with Crippen molar-refractivity contribution in [1.29, 1.82) is 0 Å². The summed E-state index contributed by atoms with van der Waals surface area (Å²) in [6.45, 7) is 7.44. The number of rotatable bonds is 7. The van der Waals surface area contributed by atoms with Crippen LogP contribution in [0.5, 0.6) is 0 Å². The zero-order chi connectivity index (χ0) is 27.0. The van der Waals surface area contributed by atoms with Crippen molar-refractivity contribution in [2.75, 3.05) is 11.5 Å². The number of fused-ring (bicyclic) bond motifs is 1. The molecule has 1 aromatic heterocycles. The molecule has 1 aliphatic heterocycles. The number of carbonyl (C=O) groups is 1. The molecule has 4 rings (SSSR count). The van der Waals surface area contributed by atoms with E-state index in [1.165, 1.54) is 11.3 Å². The lowest BCUT2D eigenvalue weighted by atomic mass is 10.0. The molecule has 37 heavy (non-hydrogen) atoms. The van der Waals surface area contributed by atoms with E-state index in [1.54, 1.807) is 39.0 Å². The van der Waals surface area contributed by atoms with Crippen LogP contribution < -0.4 is 10.0 Å². The zero-order valence-electron chi connectivity index (χ0n) is 21.5. The number of sulfonamides is 1. The molecule has 2 N–H and O–H groups in total. The summed E-state index contributed by atoms with van der Waals surface area (Å²) in [4.78, 5) is 18.7. The Morgan fingerprint density at radius 2 is 1.73 bits per heavy atom. The highest BCUT2D eigenvalue weighted by atomic mass is 32.2. The number of amides is 1. The maximum Gasteiger partial charge on any atom is 0.280 e. The molecule has 3 aromatic rings. The Bertz CT molecular complexity index is 1520. The van der Waals surface area contributed by atoms with Crippen LogP contribution in [0.25, 0.3) is 21.2 Å². The second-order valence-electron chi connectivity index (χ2n) is 10.5. The number of benzene rings is 2. The summed E-state index contributed by atoms with van der Waals surface area (Å²) in [6.07, 6.45) is 2.30. The van der Waals surface area contributed by atoms with Crippen molar-refractivity contribution in [2.24, 2.45) is 0 Å². The Kier molecular flexibility index (Phi) is 7.81. The average molecular weight is 564 g/mol. The third kappa shape index (κ3) is 6.39. The van der Waals surface area contributed by atoms with Crippen molar-refractivity contribution in [3.63, 3.8) is 0 Å². The van der Waals surface area contributed by atoms with E-state index in [2.05, 4.69) is 15.0 Å². The molecule has 8 nitrogen and oxygen atoms in total. The molecule has 1 fully saturated rings. The van der Waals surface area contributed by atoms with Crippen LogP contribution >= 0.6 is 11.3 Å². The van der Waals surface area contributed by atoms with Gasteiger partial charge in [0.1, 0.15) is 9.84 Å². The number of hydrogen-bond donors (Lipinski definition) is 2. The van der Waals surface area contributed by atoms with E-state index >= 15 is 0 Å². The minimum Gasteiger partial charge on any atom is -0.347 e. The van der Waals surface area contributed by atoms with Gasteiger partial charge in [-0.3, -0.25) is 4.79 Å². The quantitative estimate of drug-likeness (QED) is 0.442. The van der Waals surface area contributed by atoms with Gasteiger partial charge in [-0.1, -0.05) is 43.7 Å². The van der Waals surface area contributed by atoms with Crippen molar-refractivity contribution < 1.29 is 21.6 Å². The van der Waals surface area contributed by atoms with Gasteiger partial charge in [-0.05, 0) is 51.5 Å². The standard InChI is InChI=1S/C26H33N3O5S3/c1-5-8-21-23(35-25(28-21)24(30)27-17-13-15-36(31,32)16-14-17)20-11-12-22(19-10-7-6-9-18(19)20)37(33,34)29-26(2,3)4/h6-7,9-12,17,29H,5,8,13-16H2,1-4H3,(H,27,30). The van der Waals surface area contributed by atoms with Gasteiger partial charge in [-0.15, -0.1) is 11.3 Å². The van der Waals surface area contributed by atoms with Crippen molar-refractivity contribution >= 4 is 47.9 Å². The number of nitrogens with one attached hydrogen (secondary N) is 2. The minimum absolute atomic E-state index is 0.0769. The van der Waals surface area contributed by atoms with Crippen LogP contribution in [0.1, 0.15) is 62.5 Å².